The molecule has 16 heavy (non-hydrogen) atoms. The van der Waals surface area contributed by atoms with Gasteiger partial charge in [-0.15, -0.1) is 0 Å². The van der Waals surface area contributed by atoms with Crippen LogP contribution in [0.2, 0.25) is 5.02 Å². The van der Waals surface area contributed by atoms with Crippen LogP contribution in [0, 0.1) is 0 Å². The third kappa shape index (κ3) is 3.07. The van der Waals surface area contributed by atoms with Crippen LogP contribution in [0.1, 0.15) is 6.42 Å². The number of hydrogen-bond donors (Lipinski definition) is 0. The second-order valence-corrected chi connectivity index (χ2v) is 7.16. The summed E-state index contributed by atoms with van der Waals surface area (Å²) in [5, 5.41) is 0.699. The summed E-state index contributed by atoms with van der Waals surface area (Å²) in [6.07, 6.45) is 2.44. The van der Waals surface area contributed by atoms with Crippen LogP contribution in [0.4, 0.5) is 0 Å². The highest BCUT2D eigenvalue weighted by Crippen LogP contribution is 2.40. The monoisotopic (exact) mass is 290 g/mol. The molecular weight excluding hydrogens is 284 g/mol. The smallest absolute Gasteiger partial charge is 0.184 e. The van der Waals surface area contributed by atoms with E-state index < -0.39 is 10.3 Å². The fourth-order valence-corrected chi connectivity index (χ4v) is 4.18. The summed E-state index contributed by atoms with van der Waals surface area (Å²) in [4.78, 5) is 1.06. The lowest BCUT2D eigenvalue weighted by Gasteiger charge is -2.00. The summed E-state index contributed by atoms with van der Waals surface area (Å²) in [5.74, 6) is 0. The van der Waals surface area contributed by atoms with Gasteiger partial charge in [-0.3, -0.25) is 0 Å². The van der Waals surface area contributed by atoms with Crippen molar-refractivity contribution in [3.63, 3.8) is 0 Å². The minimum Gasteiger partial charge on any atom is -0.184 e. The first kappa shape index (κ1) is 12.1. The maximum atomic E-state index is 10.7. The largest absolute Gasteiger partial charge is 0.224 e. The molecule has 0 spiro atoms. The summed E-state index contributed by atoms with van der Waals surface area (Å²) in [7, 11) is -2.08. The highest BCUT2D eigenvalue weighted by molar-refractivity contribution is 8.34. The molecule has 0 unspecified atom stereocenters. The average Bonchev–Trinajstić information content (AvgIpc) is 2.70. The van der Waals surface area contributed by atoms with E-state index in [0.717, 1.165) is 9.13 Å². The predicted molar refractivity (Wildman–Crippen MR) is 71.5 cm³/mol. The molecule has 1 aliphatic heterocycles. The van der Waals surface area contributed by atoms with E-state index in [9.17, 15) is 8.42 Å². The van der Waals surface area contributed by atoms with Crippen LogP contribution in [-0.4, -0.2) is 12.6 Å². The van der Waals surface area contributed by atoms with Gasteiger partial charge in [0.2, 0.25) is 10.3 Å². The highest BCUT2D eigenvalue weighted by atomic mass is 35.5. The minimum absolute atomic E-state index is 0.483. The number of benzene rings is 1. The molecule has 0 saturated carbocycles. The van der Waals surface area contributed by atoms with E-state index in [2.05, 4.69) is 0 Å². The Balaban J connectivity index is 2.08. The van der Waals surface area contributed by atoms with Crippen molar-refractivity contribution in [2.45, 2.75) is 11.3 Å². The zero-order chi connectivity index (χ0) is 11.5. The number of allylic oxidation sites excluding steroid dienone is 1. The fraction of sp³-hybridized carbons (Fsp3) is 0.100. The molecule has 0 saturated heterocycles. The van der Waals surface area contributed by atoms with Gasteiger partial charge >= 0.3 is 0 Å². The van der Waals surface area contributed by atoms with Crippen LogP contribution in [0.3, 0.4) is 0 Å². The van der Waals surface area contributed by atoms with E-state index >= 15 is 0 Å². The maximum absolute atomic E-state index is 10.7. The van der Waals surface area contributed by atoms with Gasteiger partial charge in [0.1, 0.15) is 4.20 Å². The van der Waals surface area contributed by atoms with Crippen molar-refractivity contribution in [1.29, 1.82) is 0 Å². The van der Waals surface area contributed by atoms with Gasteiger partial charge in [0.15, 0.2) is 0 Å². The third-order valence-corrected chi connectivity index (χ3v) is 5.45. The molecule has 0 atom stereocenters. The summed E-state index contributed by atoms with van der Waals surface area (Å²) in [6.45, 7) is 0. The first-order valence-electron chi connectivity index (χ1n) is 4.41. The van der Waals surface area contributed by atoms with Crippen LogP contribution >= 0.6 is 35.1 Å². The minimum atomic E-state index is -2.08. The fourth-order valence-electron chi connectivity index (χ4n) is 1.15. The molecule has 0 radical (unpaired) electrons. The van der Waals surface area contributed by atoms with Crippen LogP contribution in [-0.2, 0) is 10.3 Å². The van der Waals surface area contributed by atoms with Gasteiger partial charge < -0.3 is 0 Å². The molecule has 0 aromatic heterocycles. The van der Waals surface area contributed by atoms with Crippen LogP contribution < -0.4 is 0 Å². The SMILES string of the molecule is O=S(=O)=C1CC=C(Sc2ccc(Cl)cc2)S1. The standard InChI is InChI=1S/C10H7ClO2S3/c11-7-1-3-8(4-2-7)14-9-5-6-10(15-9)16(12)13/h1-5H,6H2. The molecule has 1 heterocycles. The normalized spacial score (nSPS) is 15.1. The Labute approximate surface area is 109 Å². The van der Waals surface area contributed by atoms with Gasteiger partial charge in [-0.2, -0.15) is 8.42 Å². The van der Waals surface area contributed by atoms with Crippen molar-refractivity contribution in [3.8, 4) is 0 Å². The molecule has 0 N–H and O–H groups in total. The Hall–Kier alpha value is -0.360. The van der Waals surface area contributed by atoms with Crippen molar-refractivity contribution in [3.05, 3.63) is 39.6 Å². The number of thioether (sulfide) groups is 2. The molecule has 2 nitrogen and oxygen atoms in total. The Bertz CT molecular complexity index is 550. The maximum Gasteiger partial charge on any atom is 0.224 e. The van der Waals surface area contributed by atoms with Crippen LogP contribution in [0.5, 0.6) is 0 Å². The topological polar surface area (TPSA) is 34.1 Å². The molecule has 0 aliphatic carbocycles. The molecule has 0 fully saturated rings. The molecule has 1 aromatic carbocycles. The average molecular weight is 291 g/mol. The molecule has 84 valence electrons. The van der Waals surface area contributed by atoms with E-state index in [4.69, 9.17) is 11.6 Å². The van der Waals surface area contributed by atoms with Gasteiger partial charge in [-0.25, -0.2) is 0 Å². The quantitative estimate of drug-likeness (QED) is 0.782. The predicted octanol–water partition coefficient (Wildman–Crippen LogP) is 3.42. The van der Waals surface area contributed by atoms with Crippen molar-refractivity contribution in [2.75, 3.05) is 0 Å². The Morgan fingerprint density at radius 1 is 1.25 bits per heavy atom. The zero-order valence-corrected chi connectivity index (χ0v) is 11.2. The number of halogens is 1. The van der Waals surface area contributed by atoms with Crippen molar-refractivity contribution >= 4 is 49.6 Å². The van der Waals surface area contributed by atoms with Gasteiger partial charge in [-0.1, -0.05) is 41.2 Å². The van der Waals surface area contributed by atoms with Crippen LogP contribution in [0.25, 0.3) is 0 Å². The van der Waals surface area contributed by atoms with Gasteiger partial charge in [0, 0.05) is 20.6 Å². The number of hydrogen-bond acceptors (Lipinski definition) is 4. The van der Waals surface area contributed by atoms with Crippen LogP contribution in [0.15, 0.2) is 39.5 Å². The first-order valence-corrected chi connectivity index (χ1v) is 7.50. The van der Waals surface area contributed by atoms with Crippen molar-refractivity contribution in [2.24, 2.45) is 0 Å². The summed E-state index contributed by atoms with van der Waals surface area (Å²) in [5.41, 5.74) is 0. The van der Waals surface area contributed by atoms with E-state index in [1.165, 1.54) is 11.8 Å². The lowest BCUT2D eigenvalue weighted by molar-refractivity contribution is 0.627. The van der Waals surface area contributed by atoms with Gasteiger partial charge in [-0.05, 0) is 24.3 Å². The second-order valence-electron chi connectivity index (χ2n) is 2.99. The number of rotatable bonds is 2. The molecule has 6 heteroatoms. The van der Waals surface area contributed by atoms with E-state index in [0.29, 0.717) is 15.6 Å². The van der Waals surface area contributed by atoms with E-state index in [1.807, 2.05) is 30.3 Å². The third-order valence-electron chi connectivity index (χ3n) is 1.87. The molecule has 1 aliphatic rings. The lowest BCUT2D eigenvalue weighted by atomic mass is 10.4. The molecule has 2 rings (SSSR count). The first-order chi connectivity index (χ1) is 7.65. The van der Waals surface area contributed by atoms with Gasteiger partial charge in [0.05, 0.1) is 0 Å². The highest BCUT2D eigenvalue weighted by Gasteiger charge is 2.14. The van der Waals surface area contributed by atoms with Gasteiger partial charge in [0.25, 0.3) is 0 Å². The van der Waals surface area contributed by atoms with E-state index in [1.54, 1.807) is 11.8 Å². The Morgan fingerprint density at radius 3 is 2.50 bits per heavy atom. The molecule has 0 amide bonds. The zero-order valence-electron chi connectivity index (χ0n) is 8.01. The second kappa shape index (κ2) is 5.31. The van der Waals surface area contributed by atoms with E-state index in [-0.39, 0.29) is 0 Å². The van der Waals surface area contributed by atoms with Crippen molar-refractivity contribution < 1.29 is 8.42 Å². The Kier molecular flexibility index (Phi) is 4.02. The Morgan fingerprint density at radius 2 is 1.94 bits per heavy atom. The summed E-state index contributed by atoms with van der Waals surface area (Å²) in [6, 6.07) is 7.47. The molecular formula is C10H7ClO2S3. The van der Waals surface area contributed by atoms with Crippen molar-refractivity contribution in [1.82, 2.24) is 0 Å². The summed E-state index contributed by atoms with van der Waals surface area (Å²) < 4.78 is 22.9. The summed E-state index contributed by atoms with van der Waals surface area (Å²) >= 11 is 8.64. The lowest BCUT2D eigenvalue weighted by Crippen LogP contribution is -1.83. The molecule has 1 aromatic rings. The molecule has 0 bridgehead atoms.